The summed E-state index contributed by atoms with van der Waals surface area (Å²) in [4.78, 5) is 73.2. The first-order valence-corrected chi connectivity index (χ1v) is 20.9. The fourth-order valence-electron chi connectivity index (χ4n) is 8.53. The average molecular weight is 794 g/mol. The van der Waals surface area contributed by atoms with Gasteiger partial charge in [0.05, 0.1) is 39.7 Å². The molecule has 2 aromatic carbocycles. The largest absolute Gasteiger partial charge is 0.342 e. The summed E-state index contributed by atoms with van der Waals surface area (Å²) in [7, 11) is -3.91. The van der Waals surface area contributed by atoms with E-state index in [1.165, 1.54) is 15.9 Å². The lowest BCUT2D eigenvalue weighted by molar-refractivity contribution is -0.150. The summed E-state index contributed by atoms with van der Waals surface area (Å²) in [5.41, 5.74) is -0.822. The van der Waals surface area contributed by atoms with Crippen molar-refractivity contribution in [3.05, 3.63) is 61.2 Å². The van der Waals surface area contributed by atoms with Crippen LogP contribution in [-0.2, 0) is 29.2 Å². The van der Waals surface area contributed by atoms with Crippen molar-refractivity contribution in [2.75, 3.05) is 19.6 Å². The van der Waals surface area contributed by atoms with Crippen molar-refractivity contribution in [1.82, 2.24) is 24.4 Å². The Morgan fingerprint density at radius 3 is 2.09 bits per heavy atom. The van der Waals surface area contributed by atoms with Crippen molar-refractivity contribution in [2.24, 2.45) is 22.7 Å². The van der Waals surface area contributed by atoms with E-state index in [0.717, 1.165) is 10.8 Å². The van der Waals surface area contributed by atoms with E-state index in [0.29, 0.717) is 23.9 Å². The quantitative estimate of drug-likeness (QED) is 0.247. The average Bonchev–Trinajstić information content (AvgIpc) is 4.05. The number of alkyl halides is 2. The highest BCUT2D eigenvalue weighted by Gasteiger charge is 2.61. The third kappa shape index (κ3) is 7.58. The number of halogens is 2. The Hall–Kier alpha value is -4.66. The van der Waals surface area contributed by atoms with Crippen molar-refractivity contribution in [1.29, 1.82) is 0 Å². The second-order valence-electron chi connectivity index (χ2n) is 17.1. The van der Waals surface area contributed by atoms with Gasteiger partial charge in [0.25, 0.3) is 5.92 Å². The number of allylic oxidation sites excluding steroid dienone is 1. The van der Waals surface area contributed by atoms with Gasteiger partial charge in [-0.05, 0) is 49.1 Å². The molecular formula is C41H49F2N5O7S. The highest BCUT2D eigenvalue weighted by atomic mass is 32.2. The van der Waals surface area contributed by atoms with Crippen LogP contribution in [0.1, 0.15) is 72.1 Å². The van der Waals surface area contributed by atoms with Gasteiger partial charge in [-0.15, -0.1) is 6.58 Å². The summed E-state index contributed by atoms with van der Waals surface area (Å²) in [5.74, 6) is -6.48. The molecule has 2 aliphatic heterocycles. The van der Waals surface area contributed by atoms with E-state index in [9.17, 15) is 41.2 Å². The molecule has 5 atom stereocenters. The maximum absolute atomic E-state index is 14.7. The second kappa shape index (κ2) is 14.4. The molecule has 56 heavy (non-hydrogen) atoms. The lowest BCUT2D eigenvalue weighted by Crippen LogP contribution is -2.50. The van der Waals surface area contributed by atoms with Crippen LogP contribution in [0.4, 0.5) is 13.6 Å². The van der Waals surface area contributed by atoms with Crippen LogP contribution in [0.5, 0.6) is 0 Å². The van der Waals surface area contributed by atoms with Gasteiger partial charge in [0.1, 0.15) is 0 Å². The SMILES string of the molecule is C=C[C@@H]1C[C@]1(CC(=O)[C@@H]1C[C@@H](NC(=O)n2c3ccccc3c3ccccc32)CN1C(=O)[C@@H](CC(=O)N1CCC(F)(F)CC1)C(C)(C)C)C(=O)NS(=O)(=O)C1CC1. The Labute approximate surface area is 325 Å². The minimum absolute atomic E-state index is 0.0102. The molecule has 2 aliphatic carbocycles. The monoisotopic (exact) mass is 793 g/mol. The van der Waals surface area contributed by atoms with E-state index >= 15 is 0 Å². The maximum Gasteiger partial charge on any atom is 0.326 e. The summed E-state index contributed by atoms with van der Waals surface area (Å²) in [6.07, 6.45) is 1.07. The molecule has 2 saturated carbocycles. The molecule has 1 aromatic heterocycles. The van der Waals surface area contributed by atoms with Gasteiger partial charge < -0.3 is 15.1 Å². The fraction of sp³-hybridized carbons (Fsp3) is 0.537. The number of Topliss-reactive ketones (excluding diaryl/α,β-unsaturated/α-hetero) is 1. The van der Waals surface area contributed by atoms with Gasteiger partial charge in [-0.25, -0.2) is 22.0 Å². The van der Waals surface area contributed by atoms with E-state index in [4.69, 9.17) is 0 Å². The molecule has 0 bridgehead atoms. The van der Waals surface area contributed by atoms with E-state index in [1.54, 1.807) is 25.3 Å². The van der Waals surface area contributed by atoms with Crippen LogP contribution < -0.4 is 10.0 Å². The number of hydrogen-bond acceptors (Lipinski definition) is 7. The Kier molecular flexibility index (Phi) is 10.2. The number of carbonyl (C=O) groups excluding carboxylic acids is 5. The van der Waals surface area contributed by atoms with Crippen molar-refractivity contribution in [3.8, 4) is 0 Å². The number of piperidine rings is 1. The third-order valence-corrected chi connectivity index (χ3v) is 14.0. The first-order chi connectivity index (χ1) is 26.3. The minimum atomic E-state index is -3.91. The van der Waals surface area contributed by atoms with Crippen molar-refractivity contribution < 1.29 is 41.2 Å². The third-order valence-electron chi connectivity index (χ3n) is 12.2. The summed E-state index contributed by atoms with van der Waals surface area (Å²) < 4.78 is 57.1. The number of ketones is 1. The molecule has 2 N–H and O–H groups in total. The Balaban J connectivity index is 1.17. The van der Waals surface area contributed by atoms with Gasteiger partial charge >= 0.3 is 6.03 Å². The molecule has 3 heterocycles. The van der Waals surface area contributed by atoms with Gasteiger partial charge in [-0.1, -0.05) is 63.2 Å². The summed E-state index contributed by atoms with van der Waals surface area (Å²) in [5, 5.41) is 4.14. The number of hydrogen-bond donors (Lipinski definition) is 2. The zero-order valence-corrected chi connectivity index (χ0v) is 32.7. The summed E-state index contributed by atoms with van der Waals surface area (Å²) in [6, 6.07) is 12.6. The molecular weight excluding hydrogens is 745 g/mol. The Morgan fingerprint density at radius 2 is 1.55 bits per heavy atom. The number of carbonyl (C=O) groups is 5. The molecule has 4 aliphatic rings. The number of rotatable bonds is 11. The molecule has 15 heteroatoms. The van der Waals surface area contributed by atoms with Crippen molar-refractivity contribution in [2.45, 2.75) is 95.4 Å². The van der Waals surface area contributed by atoms with Crippen LogP contribution in [-0.4, -0.2) is 95.2 Å². The highest BCUT2D eigenvalue weighted by molar-refractivity contribution is 7.90. The highest BCUT2D eigenvalue weighted by Crippen LogP contribution is 2.57. The first kappa shape index (κ1) is 39.6. The van der Waals surface area contributed by atoms with Gasteiger partial charge in [0.2, 0.25) is 27.7 Å². The minimum Gasteiger partial charge on any atom is -0.342 e. The number of para-hydroxylation sites is 2. The van der Waals surface area contributed by atoms with Crippen LogP contribution >= 0.6 is 0 Å². The van der Waals surface area contributed by atoms with Gasteiger partial charge in [0, 0.05) is 56.1 Å². The molecule has 4 amide bonds. The molecule has 7 rings (SSSR count). The zero-order chi connectivity index (χ0) is 40.4. The Morgan fingerprint density at radius 1 is 0.964 bits per heavy atom. The van der Waals surface area contributed by atoms with E-state index in [-0.39, 0.29) is 45.3 Å². The lowest BCUT2D eigenvalue weighted by atomic mass is 9.77. The molecule has 3 aromatic rings. The number of nitrogens with zero attached hydrogens (tertiary/aromatic N) is 3. The second-order valence-corrected chi connectivity index (χ2v) is 19.1. The molecule has 12 nitrogen and oxygen atoms in total. The van der Waals surface area contributed by atoms with Crippen LogP contribution in [0.3, 0.4) is 0 Å². The fourth-order valence-corrected chi connectivity index (χ4v) is 9.91. The topological polar surface area (TPSA) is 155 Å². The number of likely N-dealkylation sites (tertiary alicyclic amines) is 2. The standard InChI is InChI=1S/C41H49F2N5O7S/c1-5-25-22-40(25,37(52)45-56(54,55)27-14-15-27)23-34(49)33-20-26(44-38(53)48-31-12-8-6-10-28(31)29-11-7-9-13-32(29)48)24-47(33)36(51)30(39(2,3)4)21-35(50)46-18-16-41(42,43)17-19-46/h5-13,25-27,30,33H,1,14-24H2,2-4H3,(H,44,53)(H,45,52)/t25-,26-,30-,33+,40-/m1/s1. The Bertz CT molecular complexity index is 2170. The molecule has 0 radical (unpaired) electrons. The summed E-state index contributed by atoms with van der Waals surface area (Å²) in [6.45, 7) is 8.83. The smallest absolute Gasteiger partial charge is 0.326 e. The molecule has 4 fully saturated rings. The van der Waals surface area contributed by atoms with Gasteiger partial charge in [-0.2, -0.15) is 0 Å². The van der Waals surface area contributed by atoms with E-state index in [2.05, 4.69) is 16.6 Å². The van der Waals surface area contributed by atoms with Gasteiger partial charge in [0.15, 0.2) is 5.78 Å². The number of benzene rings is 2. The van der Waals surface area contributed by atoms with Crippen molar-refractivity contribution >= 4 is 61.4 Å². The molecule has 2 saturated heterocycles. The van der Waals surface area contributed by atoms with Crippen LogP contribution in [0.15, 0.2) is 61.2 Å². The normalized spacial score (nSPS) is 25.5. The first-order valence-electron chi connectivity index (χ1n) is 19.3. The molecule has 0 spiro atoms. The number of amides is 4. The number of fused-ring (bicyclic) bond motifs is 3. The van der Waals surface area contributed by atoms with Crippen LogP contribution in [0, 0.1) is 22.7 Å². The van der Waals surface area contributed by atoms with E-state index in [1.807, 2.05) is 48.5 Å². The lowest BCUT2D eigenvalue weighted by Gasteiger charge is -2.37. The zero-order valence-electron chi connectivity index (χ0n) is 31.9. The van der Waals surface area contributed by atoms with Gasteiger partial charge in [-0.3, -0.25) is 28.5 Å². The predicted molar refractivity (Wildman–Crippen MR) is 206 cm³/mol. The summed E-state index contributed by atoms with van der Waals surface area (Å²) >= 11 is 0. The van der Waals surface area contributed by atoms with Crippen LogP contribution in [0.2, 0.25) is 0 Å². The van der Waals surface area contributed by atoms with E-state index < -0.39 is 98.3 Å². The van der Waals surface area contributed by atoms with Crippen LogP contribution in [0.25, 0.3) is 21.8 Å². The number of nitrogens with one attached hydrogen (secondary N) is 2. The maximum atomic E-state index is 14.7. The van der Waals surface area contributed by atoms with Crippen molar-refractivity contribution in [3.63, 3.8) is 0 Å². The predicted octanol–water partition coefficient (Wildman–Crippen LogP) is 5.39. The number of sulfonamides is 1. The molecule has 0 unspecified atom stereocenters. The molecule has 300 valence electrons. The number of aromatic nitrogens is 1.